The van der Waals surface area contributed by atoms with E-state index in [-0.39, 0.29) is 5.56 Å². The molecule has 0 saturated carbocycles. The molecule has 0 N–H and O–H groups in total. The van der Waals surface area contributed by atoms with Gasteiger partial charge in [0.25, 0.3) is 5.56 Å². The summed E-state index contributed by atoms with van der Waals surface area (Å²) in [6, 6.07) is 28.4. The lowest BCUT2D eigenvalue weighted by molar-refractivity contribution is 0.306. The van der Waals surface area contributed by atoms with Crippen LogP contribution in [0.5, 0.6) is 5.75 Å². The van der Waals surface area contributed by atoms with E-state index in [9.17, 15) is 4.79 Å². The fourth-order valence-electron chi connectivity index (χ4n) is 3.94. The molecule has 148 valence electrons. The summed E-state index contributed by atoms with van der Waals surface area (Å²) in [7, 11) is 1.79. The van der Waals surface area contributed by atoms with Gasteiger partial charge in [-0.15, -0.1) is 0 Å². The van der Waals surface area contributed by atoms with Gasteiger partial charge in [-0.2, -0.15) is 0 Å². The molecule has 0 amide bonds. The average molecular weight is 394 g/mol. The minimum Gasteiger partial charge on any atom is -0.489 e. The molecule has 0 bridgehead atoms. The molecule has 0 aliphatic rings. The third-order valence-corrected chi connectivity index (χ3v) is 5.49. The molecular formula is C26H22N2O2. The van der Waals surface area contributed by atoms with Crippen molar-refractivity contribution < 1.29 is 4.74 Å². The molecule has 2 aromatic heterocycles. The normalized spacial score (nSPS) is 11.2. The molecule has 0 saturated heterocycles. The van der Waals surface area contributed by atoms with Gasteiger partial charge in [-0.05, 0) is 35.4 Å². The van der Waals surface area contributed by atoms with Crippen molar-refractivity contribution in [1.82, 2.24) is 9.13 Å². The number of aryl methyl sites for hydroxylation is 1. The lowest BCUT2D eigenvalue weighted by Gasteiger charge is -2.09. The van der Waals surface area contributed by atoms with Crippen LogP contribution in [0, 0.1) is 0 Å². The van der Waals surface area contributed by atoms with Crippen LogP contribution in [0.3, 0.4) is 0 Å². The highest BCUT2D eigenvalue weighted by Crippen LogP contribution is 2.31. The maximum absolute atomic E-state index is 13.0. The number of aromatic nitrogens is 2. The summed E-state index contributed by atoms with van der Waals surface area (Å²) in [6.07, 6.45) is 1.83. The Hall–Kier alpha value is -3.79. The van der Waals surface area contributed by atoms with Crippen LogP contribution < -0.4 is 10.3 Å². The van der Waals surface area contributed by atoms with Crippen LogP contribution in [0.1, 0.15) is 11.1 Å². The van der Waals surface area contributed by atoms with E-state index < -0.39 is 0 Å². The van der Waals surface area contributed by atoms with Crippen LogP contribution >= 0.6 is 0 Å². The third kappa shape index (κ3) is 3.26. The molecule has 0 fully saturated rings. The van der Waals surface area contributed by atoms with E-state index in [1.54, 1.807) is 11.6 Å². The van der Waals surface area contributed by atoms with Gasteiger partial charge in [0.1, 0.15) is 17.9 Å². The maximum atomic E-state index is 13.0. The standard InChI is InChI=1S/C26H22N2O2/c1-27-15-14-22-23-16-21(30-18-20-10-6-3-7-11-20)12-13-24(23)28(25(22)26(27)29)17-19-8-4-2-5-9-19/h2-16H,17-18H2,1H3. The van der Waals surface area contributed by atoms with Crippen molar-refractivity contribution in [1.29, 1.82) is 0 Å². The smallest absolute Gasteiger partial charge is 0.274 e. The first-order chi connectivity index (χ1) is 14.7. The van der Waals surface area contributed by atoms with Crippen LogP contribution in [0.2, 0.25) is 0 Å². The first-order valence-electron chi connectivity index (χ1n) is 10.0. The number of benzene rings is 3. The summed E-state index contributed by atoms with van der Waals surface area (Å²) in [4.78, 5) is 13.0. The summed E-state index contributed by atoms with van der Waals surface area (Å²) in [5.41, 5.74) is 4.04. The monoisotopic (exact) mass is 394 g/mol. The maximum Gasteiger partial charge on any atom is 0.274 e. The molecule has 0 radical (unpaired) electrons. The van der Waals surface area contributed by atoms with Gasteiger partial charge in [0, 0.05) is 36.1 Å². The van der Waals surface area contributed by atoms with Crippen LogP contribution in [0.25, 0.3) is 21.8 Å². The molecule has 0 aliphatic carbocycles. The van der Waals surface area contributed by atoms with Gasteiger partial charge in [-0.1, -0.05) is 60.7 Å². The molecule has 2 heterocycles. The molecule has 30 heavy (non-hydrogen) atoms. The minimum absolute atomic E-state index is 0.00591. The van der Waals surface area contributed by atoms with Gasteiger partial charge >= 0.3 is 0 Å². The number of hydrogen-bond acceptors (Lipinski definition) is 2. The summed E-state index contributed by atoms with van der Waals surface area (Å²) < 4.78 is 9.79. The van der Waals surface area contributed by atoms with Gasteiger partial charge < -0.3 is 13.9 Å². The van der Waals surface area contributed by atoms with E-state index in [0.717, 1.165) is 38.7 Å². The second kappa shape index (κ2) is 7.56. The number of fused-ring (bicyclic) bond motifs is 3. The molecule has 0 atom stereocenters. The quantitative estimate of drug-likeness (QED) is 0.415. The third-order valence-electron chi connectivity index (χ3n) is 5.49. The van der Waals surface area contributed by atoms with Gasteiger partial charge in [0.2, 0.25) is 0 Å². The zero-order valence-corrected chi connectivity index (χ0v) is 16.8. The Labute approximate surface area is 174 Å². The van der Waals surface area contributed by atoms with Crippen LogP contribution in [-0.4, -0.2) is 9.13 Å². The fraction of sp³-hybridized carbons (Fsp3) is 0.115. The topological polar surface area (TPSA) is 36.2 Å². The van der Waals surface area contributed by atoms with Gasteiger partial charge in [0.15, 0.2) is 0 Å². The van der Waals surface area contributed by atoms with E-state index in [2.05, 4.69) is 22.8 Å². The van der Waals surface area contributed by atoms with Crippen molar-refractivity contribution in [2.24, 2.45) is 7.05 Å². The lowest BCUT2D eigenvalue weighted by Crippen LogP contribution is -2.18. The second-order valence-electron chi connectivity index (χ2n) is 7.52. The Bertz CT molecular complexity index is 1380. The van der Waals surface area contributed by atoms with Gasteiger partial charge in [0.05, 0.1) is 0 Å². The van der Waals surface area contributed by atoms with Crippen LogP contribution in [0.15, 0.2) is 95.9 Å². The molecular weight excluding hydrogens is 372 g/mol. The predicted octanol–water partition coefficient (Wildman–Crippen LogP) is 5.12. The fourth-order valence-corrected chi connectivity index (χ4v) is 3.94. The van der Waals surface area contributed by atoms with Crippen molar-refractivity contribution in [3.63, 3.8) is 0 Å². The van der Waals surface area contributed by atoms with E-state index in [1.807, 2.05) is 72.9 Å². The molecule has 3 aromatic carbocycles. The Balaban J connectivity index is 1.62. The number of nitrogens with zero attached hydrogens (tertiary/aromatic N) is 2. The van der Waals surface area contributed by atoms with Crippen LogP contribution in [0.4, 0.5) is 0 Å². The Morgan fingerprint density at radius 1 is 0.800 bits per heavy atom. The van der Waals surface area contributed by atoms with E-state index in [4.69, 9.17) is 4.74 Å². The van der Waals surface area contributed by atoms with E-state index in [1.165, 1.54) is 0 Å². The van der Waals surface area contributed by atoms with E-state index in [0.29, 0.717) is 13.2 Å². The highest BCUT2D eigenvalue weighted by Gasteiger charge is 2.15. The highest BCUT2D eigenvalue weighted by molar-refractivity contribution is 6.08. The highest BCUT2D eigenvalue weighted by atomic mass is 16.5. The van der Waals surface area contributed by atoms with Gasteiger partial charge in [-0.25, -0.2) is 0 Å². The number of hydrogen-bond donors (Lipinski definition) is 0. The predicted molar refractivity (Wildman–Crippen MR) is 121 cm³/mol. The minimum atomic E-state index is 0.00591. The average Bonchev–Trinajstić information content (AvgIpc) is 3.09. The summed E-state index contributed by atoms with van der Waals surface area (Å²) in [6.45, 7) is 1.15. The Kier molecular flexibility index (Phi) is 4.60. The molecule has 5 aromatic rings. The number of ether oxygens (including phenoxy) is 1. The zero-order valence-electron chi connectivity index (χ0n) is 16.8. The van der Waals surface area contributed by atoms with Crippen molar-refractivity contribution in [3.05, 3.63) is 113 Å². The molecule has 4 nitrogen and oxygen atoms in total. The Morgan fingerprint density at radius 3 is 2.23 bits per heavy atom. The summed E-state index contributed by atoms with van der Waals surface area (Å²) in [5, 5.41) is 1.98. The van der Waals surface area contributed by atoms with Crippen molar-refractivity contribution in [2.75, 3.05) is 0 Å². The van der Waals surface area contributed by atoms with E-state index >= 15 is 0 Å². The summed E-state index contributed by atoms with van der Waals surface area (Å²) >= 11 is 0. The SMILES string of the molecule is Cn1ccc2c3cc(OCc4ccccc4)ccc3n(Cc3ccccc3)c2c1=O. The first kappa shape index (κ1) is 18.3. The van der Waals surface area contributed by atoms with Crippen molar-refractivity contribution >= 4 is 21.8 Å². The molecule has 0 spiro atoms. The second-order valence-corrected chi connectivity index (χ2v) is 7.52. The van der Waals surface area contributed by atoms with Crippen molar-refractivity contribution in [3.8, 4) is 5.75 Å². The molecule has 0 unspecified atom stereocenters. The van der Waals surface area contributed by atoms with Crippen LogP contribution in [-0.2, 0) is 20.2 Å². The van der Waals surface area contributed by atoms with Gasteiger partial charge in [-0.3, -0.25) is 4.79 Å². The molecule has 4 heteroatoms. The lowest BCUT2D eigenvalue weighted by atomic mass is 10.2. The largest absolute Gasteiger partial charge is 0.489 e. The summed E-state index contributed by atoms with van der Waals surface area (Å²) in [5.74, 6) is 0.797. The number of rotatable bonds is 5. The molecule has 5 rings (SSSR count). The zero-order chi connectivity index (χ0) is 20.5. The van der Waals surface area contributed by atoms with Crippen molar-refractivity contribution in [2.45, 2.75) is 13.2 Å². The molecule has 0 aliphatic heterocycles. The number of pyridine rings is 1. The Morgan fingerprint density at radius 2 is 1.50 bits per heavy atom. The first-order valence-corrected chi connectivity index (χ1v) is 10.0.